The summed E-state index contributed by atoms with van der Waals surface area (Å²) in [7, 11) is 3.80. The molecule has 0 aromatic heterocycles. The lowest BCUT2D eigenvalue weighted by molar-refractivity contribution is 0.943. The van der Waals surface area contributed by atoms with Gasteiger partial charge in [-0.2, -0.15) is 0 Å². The van der Waals surface area contributed by atoms with Crippen molar-refractivity contribution in [3.63, 3.8) is 0 Å². The Bertz CT molecular complexity index is 58.5. The molecule has 5 heteroatoms. The first-order chi connectivity index (χ1) is 4.91. The molecule has 0 aromatic carbocycles. The van der Waals surface area contributed by atoms with Gasteiger partial charge in [0, 0.05) is 11.5 Å². The lowest BCUT2D eigenvalue weighted by Crippen LogP contribution is -2.00. The molecule has 4 N–H and O–H groups in total. The molecule has 0 aromatic rings. The Hall–Kier alpha value is 0.910. The summed E-state index contributed by atoms with van der Waals surface area (Å²) in [6.45, 7) is 1.62. The number of hydrogen-bond donors (Lipinski definition) is 2. The maximum atomic E-state index is 5.33. The molecule has 0 aliphatic heterocycles. The first kappa shape index (κ1) is 14.4. The van der Waals surface area contributed by atoms with Gasteiger partial charge in [-0.15, -0.1) is 12.4 Å². The molecule has 0 spiro atoms. The van der Waals surface area contributed by atoms with E-state index in [1.807, 2.05) is 21.6 Å². The summed E-state index contributed by atoms with van der Waals surface area (Å²) in [4.78, 5) is 0. The standard InChI is InChI=1S/C6H16N2S2.ClH/c7-3-1-5-9-10-6-2-4-8;/h1-8H2;1H. The highest BCUT2D eigenvalue weighted by molar-refractivity contribution is 8.76. The predicted molar refractivity (Wildman–Crippen MR) is 59.5 cm³/mol. The Kier molecular flexibility index (Phi) is 17.7. The first-order valence-electron chi connectivity index (χ1n) is 3.56. The monoisotopic (exact) mass is 216 g/mol. The quantitative estimate of drug-likeness (QED) is 0.500. The van der Waals surface area contributed by atoms with E-state index in [4.69, 9.17) is 11.5 Å². The van der Waals surface area contributed by atoms with Crippen LogP contribution < -0.4 is 11.5 Å². The maximum absolute atomic E-state index is 5.33. The summed E-state index contributed by atoms with van der Waals surface area (Å²) in [5.41, 5.74) is 10.7. The molecule has 0 aliphatic carbocycles. The Balaban J connectivity index is 0. The topological polar surface area (TPSA) is 52.0 Å². The molecule has 0 bridgehead atoms. The minimum Gasteiger partial charge on any atom is -0.330 e. The molecule has 0 saturated carbocycles. The third-order valence-electron chi connectivity index (χ3n) is 0.947. The maximum Gasteiger partial charge on any atom is 0.00489 e. The van der Waals surface area contributed by atoms with E-state index >= 15 is 0 Å². The fraction of sp³-hybridized carbons (Fsp3) is 1.00. The summed E-state index contributed by atoms with van der Waals surface area (Å²) in [6.07, 6.45) is 2.25. The lowest BCUT2D eigenvalue weighted by Gasteiger charge is -1.97. The average Bonchev–Trinajstić information content (AvgIpc) is 1.97. The van der Waals surface area contributed by atoms with E-state index in [0.717, 1.165) is 25.9 Å². The van der Waals surface area contributed by atoms with Gasteiger partial charge in [-0.1, -0.05) is 21.6 Å². The molecule has 0 aliphatic rings. The van der Waals surface area contributed by atoms with E-state index in [1.54, 1.807) is 0 Å². The molecule has 0 amide bonds. The zero-order valence-corrected chi connectivity index (χ0v) is 9.07. The first-order valence-corrected chi connectivity index (χ1v) is 6.05. The second-order valence-corrected chi connectivity index (χ2v) is 4.63. The van der Waals surface area contributed by atoms with Crippen LogP contribution in [0.3, 0.4) is 0 Å². The third kappa shape index (κ3) is 13.8. The molecule has 70 valence electrons. The predicted octanol–water partition coefficient (Wildman–Crippen LogP) is 1.49. The highest BCUT2D eigenvalue weighted by Crippen LogP contribution is 2.21. The highest BCUT2D eigenvalue weighted by Gasteiger charge is 1.88. The van der Waals surface area contributed by atoms with Crippen molar-refractivity contribution in [3.05, 3.63) is 0 Å². The fourth-order valence-corrected chi connectivity index (χ4v) is 2.62. The van der Waals surface area contributed by atoms with Gasteiger partial charge >= 0.3 is 0 Å². The second kappa shape index (κ2) is 13.5. The molecule has 0 atom stereocenters. The molecule has 0 saturated heterocycles. The van der Waals surface area contributed by atoms with Crippen molar-refractivity contribution in [2.24, 2.45) is 11.5 Å². The number of rotatable bonds is 7. The molecular weight excluding hydrogens is 200 g/mol. The van der Waals surface area contributed by atoms with Gasteiger partial charge < -0.3 is 11.5 Å². The van der Waals surface area contributed by atoms with E-state index in [9.17, 15) is 0 Å². The van der Waals surface area contributed by atoms with Gasteiger partial charge in [-0.05, 0) is 25.9 Å². The number of halogens is 1. The van der Waals surface area contributed by atoms with Crippen molar-refractivity contribution in [3.8, 4) is 0 Å². The molecule has 0 unspecified atom stereocenters. The van der Waals surface area contributed by atoms with Crippen molar-refractivity contribution in [1.29, 1.82) is 0 Å². The molecule has 0 heterocycles. The Labute approximate surface area is 83.0 Å². The van der Waals surface area contributed by atoms with Gasteiger partial charge in [0.05, 0.1) is 0 Å². The van der Waals surface area contributed by atoms with E-state index in [2.05, 4.69) is 0 Å². The summed E-state index contributed by atoms with van der Waals surface area (Å²) in [5.74, 6) is 2.34. The zero-order valence-electron chi connectivity index (χ0n) is 6.62. The lowest BCUT2D eigenvalue weighted by atomic mass is 10.5. The van der Waals surface area contributed by atoms with Gasteiger partial charge in [0.2, 0.25) is 0 Å². The van der Waals surface area contributed by atoms with Crippen LogP contribution in [0.2, 0.25) is 0 Å². The van der Waals surface area contributed by atoms with Crippen molar-refractivity contribution in [2.75, 3.05) is 24.6 Å². The minimum atomic E-state index is 0. The average molecular weight is 217 g/mol. The van der Waals surface area contributed by atoms with Crippen LogP contribution in [-0.4, -0.2) is 24.6 Å². The molecule has 2 nitrogen and oxygen atoms in total. The van der Waals surface area contributed by atoms with Crippen LogP contribution in [0.1, 0.15) is 12.8 Å². The second-order valence-electron chi connectivity index (χ2n) is 1.93. The van der Waals surface area contributed by atoms with E-state index in [-0.39, 0.29) is 12.4 Å². The van der Waals surface area contributed by atoms with Crippen LogP contribution in [0, 0.1) is 0 Å². The van der Waals surface area contributed by atoms with E-state index in [1.165, 1.54) is 11.5 Å². The van der Waals surface area contributed by atoms with Crippen molar-refractivity contribution in [1.82, 2.24) is 0 Å². The molecule has 11 heavy (non-hydrogen) atoms. The minimum absolute atomic E-state index is 0. The summed E-state index contributed by atoms with van der Waals surface area (Å²) < 4.78 is 0. The molecule has 0 fully saturated rings. The van der Waals surface area contributed by atoms with Crippen LogP contribution >= 0.6 is 34.0 Å². The smallest absolute Gasteiger partial charge is 0.00489 e. The normalized spacial score (nSPS) is 9.27. The van der Waals surface area contributed by atoms with Gasteiger partial charge in [-0.3, -0.25) is 0 Å². The van der Waals surface area contributed by atoms with Crippen LogP contribution in [0.5, 0.6) is 0 Å². The van der Waals surface area contributed by atoms with Crippen molar-refractivity contribution < 1.29 is 0 Å². The third-order valence-corrected chi connectivity index (χ3v) is 3.52. The van der Waals surface area contributed by atoms with Crippen LogP contribution in [0.4, 0.5) is 0 Å². The number of hydrogen-bond acceptors (Lipinski definition) is 4. The Morgan fingerprint density at radius 2 is 1.18 bits per heavy atom. The van der Waals surface area contributed by atoms with Gasteiger partial charge in [0.25, 0.3) is 0 Å². The van der Waals surface area contributed by atoms with Gasteiger partial charge in [0.15, 0.2) is 0 Å². The summed E-state index contributed by atoms with van der Waals surface area (Å²) in [6, 6.07) is 0. The Morgan fingerprint density at radius 1 is 0.818 bits per heavy atom. The Morgan fingerprint density at radius 3 is 1.45 bits per heavy atom. The fourth-order valence-electron chi connectivity index (χ4n) is 0.402. The zero-order chi connectivity index (χ0) is 7.66. The molecule has 0 radical (unpaired) electrons. The van der Waals surface area contributed by atoms with Crippen molar-refractivity contribution in [2.45, 2.75) is 12.8 Å². The SMILES string of the molecule is Cl.NCCCSSCCCN. The van der Waals surface area contributed by atoms with Gasteiger partial charge in [0.1, 0.15) is 0 Å². The molecule has 0 rings (SSSR count). The van der Waals surface area contributed by atoms with Crippen molar-refractivity contribution >= 4 is 34.0 Å². The van der Waals surface area contributed by atoms with Crippen LogP contribution in [0.15, 0.2) is 0 Å². The largest absolute Gasteiger partial charge is 0.330 e. The van der Waals surface area contributed by atoms with Crippen LogP contribution in [0.25, 0.3) is 0 Å². The highest BCUT2D eigenvalue weighted by atomic mass is 35.5. The van der Waals surface area contributed by atoms with E-state index < -0.39 is 0 Å². The van der Waals surface area contributed by atoms with Gasteiger partial charge in [-0.25, -0.2) is 0 Å². The molecular formula is C6H17ClN2S2. The van der Waals surface area contributed by atoms with E-state index in [0.29, 0.717) is 0 Å². The van der Waals surface area contributed by atoms with Crippen LogP contribution in [-0.2, 0) is 0 Å². The summed E-state index contributed by atoms with van der Waals surface area (Å²) >= 11 is 0. The number of nitrogens with two attached hydrogens (primary N) is 2. The summed E-state index contributed by atoms with van der Waals surface area (Å²) in [5, 5.41) is 0.